The molecule has 0 saturated carbocycles. The van der Waals surface area contributed by atoms with Crippen LogP contribution in [0.25, 0.3) is 0 Å². The Bertz CT molecular complexity index is 89.7. The molecule has 0 atom stereocenters. The van der Waals surface area contributed by atoms with Gasteiger partial charge in [0.2, 0.25) is 0 Å². The van der Waals surface area contributed by atoms with Crippen molar-refractivity contribution in [3.8, 4) is 0 Å². The predicted octanol–water partition coefficient (Wildman–Crippen LogP) is -0.188. The van der Waals surface area contributed by atoms with E-state index in [9.17, 15) is 0 Å². The first-order valence-electron chi connectivity index (χ1n) is 1.96. The smallest absolute Gasteiger partial charge is 0.307 e. The van der Waals surface area contributed by atoms with E-state index in [4.69, 9.17) is 4.74 Å². The van der Waals surface area contributed by atoms with Crippen LogP contribution in [0.3, 0.4) is 0 Å². The van der Waals surface area contributed by atoms with Crippen LogP contribution >= 0.6 is 0 Å². The van der Waals surface area contributed by atoms with E-state index in [0.29, 0.717) is 12.7 Å². The summed E-state index contributed by atoms with van der Waals surface area (Å²) in [5, 5.41) is 2.69. The van der Waals surface area contributed by atoms with Crippen LogP contribution in [-0.2, 0) is 9.47 Å². The second kappa shape index (κ2) is 1.73. The molecule has 1 N–H and O–H groups in total. The second-order valence-electron chi connectivity index (χ2n) is 1.08. The monoisotopic (exact) mass is 100 g/mol. The summed E-state index contributed by atoms with van der Waals surface area (Å²) < 4.78 is 9.41. The lowest BCUT2D eigenvalue weighted by atomic mass is 10.9. The van der Waals surface area contributed by atoms with Gasteiger partial charge in [-0.2, -0.15) is 0 Å². The molecule has 3 nitrogen and oxygen atoms in total. The molecule has 1 aliphatic heterocycles. The minimum absolute atomic E-state index is 0.431. The van der Waals surface area contributed by atoms with Gasteiger partial charge in [0.25, 0.3) is 0 Å². The Hall–Kier alpha value is -0.860. The SMILES string of the molecule is COC1=[C]NCO1. The van der Waals surface area contributed by atoms with Crippen molar-refractivity contribution in [3.05, 3.63) is 12.1 Å². The number of ether oxygens (including phenoxy) is 2. The van der Waals surface area contributed by atoms with E-state index in [-0.39, 0.29) is 0 Å². The highest BCUT2D eigenvalue weighted by atomic mass is 16.7. The summed E-state index contributed by atoms with van der Waals surface area (Å²) in [4.78, 5) is 0. The fourth-order valence-corrected chi connectivity index (χ4v) is 0.356. The number of nitrogens with one attached hydrogen (secondary N) is 1. The number of methoxy groups -OCH3 is 1. The van der Waals surface area contributed by atoms with Crippen molar-refractivity contribution in [1.29, 1.82) is 0 Å². The lowest BCUT2D eigenvalue weighted by Crippen LogP contribution is -1.99. The van der Waals surface area contributed by atoms with Crippen molar-refractivity contribution in [2.75, 3.05) is 13.8 Å². The van der Waals surface area contributed by atoms with Crippen molar-refractivity contribution in [2.45, 2.75) is 0 Å². The van der Waals surface area contributed by atoms with Crippen LogP contribution in [0.2, 0.25) is 0 Å². The summed E-state index contributed by atoms with van der Waals surface area (Å²) in [6.07, 6.45) is 2.63. The van der Waals surface area contributed by atoms with Crippen LogP contribution in [0, 0.1) is 6.20 Å². The predicted molar refractivity (Wildman–Crippen MR) is 22.9 cm³/mol. The highest BCUT2D eigenvalue weighted by molar-refractivity contribution is 4.76. The Morgan fingerprint density at radius 1 is 2.00 bits per heavy atom. The Balaban J connectivity index is 2.36. The molecule has 1 radical (unpaired) electrons. The molecule has 3 heteroatoms. The van der Waals surface area contributed by atoms with Gasteiger partial charge in [0.05, 0.1) is 7.11 Å². The fourth-order valence-electron chi connectivity index (χ4n) is 0.356. The lowest BCUT2D eigenvalue weighted by Gasteiger charge is -1.95. The summed E-state index contributed by atoms with van der Waals surface area (Å²) in [6.45, 7) is 0.475. The van der Waals surface area contributed by atoms with Crippen molar-refractivity contribution < 1.29 is 9.47 Å². The maximum Gasteiger partial charge on any atom is 0.307 e. The lowest BCUT2D eigenvalue weighted by molar-refractivity contribution is 0.0794. The minimum atomic E-state index is 0.431. The summed E-state index contributed by atoms with van der Waals surface area (Å²) in [5.74, 6) is 0.431. The Labute approximate surface area is 41.9 Å². The van der Waals surface area contributed by atoms with Gasteiger partial charge in [-0.05, 0) is 0 Å². The molecule has 0 aromatic carbocycles. The van der Waals surface area contributed by atoms with Crippen LogP contribution in [0.1, 0.15) is 0 Å². The first kappa shape index (κ1) is 4.30. The average molecular weight is 100 g/mol. The summed E-state index contributed by atoms with van der Waals surface area (Å²) in [7, 11) is 1.54. The maximum atomic E-state index is 4.77. The normalized spacial score (nSPS) is 17.0. The molecule has 39 valence electrons. The zero-order valence-corrected chi connectivity index (χ0v) is 4.02. The summed E-state index contributed by atoms with van der Waals surface area (Å²) in [6, 6.07) is 0. The molecule has 0 fully saturated rings. The highest BCUT2D eigenvalue weighted by Crippen LogP contribution is 1.97. The first-order valence-corrected chi connectivity index (χ1v) is 1.96. The molecule has 0 aliphatic carbocycles. The molecule has 0 bridgehead atoms. The van der Waals surface area contributed by atoms with Gasteiger partial charge in [0.15, 0.2) is 6.73 Å². The number of hydrogen-bond acceptors (Lipinski definition) is 3. The second-order valence-corrected chi connectivity index (χ2v) is 1.08. The van der Waals surface area contributed by atoms with Crippen molar-refractivity contribution in [3.63, 3.8) is 0 Å². The van der Waals surface area contributed by atoms with Crippen molar-refractivity contribution in [2.24, 2.45) is 0 Å². The van der Waals surface area contributed by atoms with Gasteiger partial charge in [0, 0.05) is 0 Å². The molecule has 0 aromatic rings. The van der Waals surface area contributed by atoms with Gasteiger partial charge < -0.3 is 14.8 Å². The van der Waals surface area contributed by atoms with Crippen LogP contribution in [0.4, 0.5) is 0 Å². The van der Waals surface area contributed by atoms with Gasteiger partial charge >= 0.3 is 5.95 Å². The summed E-state index contributed by atoms with van der Waals surface area (Å²) >= 11 is 0. The van der Waals surface area contributed by atoms with Gasteiger partial charge in [-0.25, -0.2) is 0 Å². The Morgan fingerprint density at radius 2 is 2.86 bits per heavy atom. The molecule has 0 aromatic heterocycles. The summed E-state index contributed by atoms with van der Waals surface area (Å²) in [5.41, 5.74) is 0. The third-order valence-electron chi connectivity index (χ3n) is 0.651. The van der Waals surface area contributed by atoms with Gasteiger partial charge in [-0.3, -0.25) is 0 Å². The molecule has 1 heterocycles. The van der Waals surface area contributed by atoms with Crippen molar-refractivity contribution in [1.82, 2.24) is 5.32 Å². The standard InChI is InChI=1S/C4H6NO2/c1-6-4-2-5-3-7-4/h5H,3H2,1H3. The van der Waals surface area contributed by atoms with Gasteiger partial charge in [-0.15, -0.1) is 0 Å². The molecule has 1 rings (SSSR count). The van der Waals surface area contributed by atoms with Crippen molar-refractivity contribution >= 4 is 0 Å². The number of hydrogen-bond donors (Lipinski definition) is 1. The largest absolute Gasteiger partial charge is 0.467 e. The van der Waals surface area contributed by atoms with E-state index in [2.05, 4.69) is 16.3 Å². The highest BCUT2D eigenvalue weighted by Gasteiger charge is 2.01. The van der Waals surface area contributed by atoms with E-state index in [1.165, 1.54) is 7.11 Å². The van der Waals surface area contributed by atoms with Crippen LogP contribution in [0.15, 0.2) is 5.95 Å². The molecule has 7 heavy (non-hydrogen) atoms. The van der Waals surface area contributed by atoms with Crippen LogP contribution in [0.5, 0.6) is 0 Å². The molecule has 1 aliphatic rings. The Kier molecular flexibility index (Phi) is 1.06. The quantitative estimate of drug-likeness (QED) is 0.495. The molecule has 0 spiro atoms. The molecular weight excluding hydrogens is 94.0 g/mol. The Morgan fingerprint density at radius 3 is 3.14 bits per heavy atom. The van der Waals surface area contributed by atoms with Crippen LogP contribution in [-0.4, -0.2) is 13.8 Å². The molecule has 0 unspecified atom stereocenters. The van der Waals surface area contributed by atoms with Gasteiger partial charge in [0.1, 0.15) is 6.20 Å². The van der Waals surface area contributed by atoms with Crippen LogP contribution < -0.4 is 5.32 Å². The van der Waals surface area contributed by atoms with E-state index >= 15 is 0 Å². The van der Waals surface area contributed by atoms with E-state index < -0.39 is 0 Å². The zero-order chi connectivity index (χ0) is 5.11. The molecular formula is C4H6NO2. The van der Waals surface area contributed by atoms with E-state index in [1.807, 2.05) is 0 Å². The minimum Gasteiger partial charge on any atom is -0.467 e. The zero-order valence-electron chi connectivity index (χ0n) is 4.02. The third-order valence-corrected chi connectivity index (χ3v) is 0.651. The van der Waals surface area contributed by atoms with E-state index in [0.717, 1.165) is 0 Å². The number of rotatable bonds is 1. The topological polar surface area (TPSA) is 30.5 Å². The molecule has 0 amide bonds. The fraction of sp³-hybridized carbons (Fsp3) is 0.500. The van der Waals surface area contributed by atoms with E-state index in [1.54, 1.807) is 0 Å². The first-order chi connectivity index (χ1) is 3.43. The van der Waals surface area contributed by atoms with Gasteiger partial charge in [-0.1, -0.05) is 0 Å². The average Bonchev–Trinajstić information content (AvgIpc) is 2.14. The maximum absolute atomic E-state index is 4.77. The third kappa shape index (κ3) is 0.765. The molecule has 0 saturated heterocycles.